The first kappa shape index (κ1) is 16.3. The topological polar surface area (TPSA) is 61.4 Å². The molecule has 5 nitrogen and oxygen atoms in total. The summed E-state index contributed by atoms with van der Waals surface area (Å²) in [5, 5.41) is 6.13. The Balaban J connectivity index is 2.29. The molecule has 2 atom stereocenters. The fourth-order valence-electron chi connectivity index (χ4n) is 2.52. The van der Waals surface area contributed by atoms with Crippen molar-refractivity contribution in [2.45, 2.75) is 53.1 Å². The van der Waals surface area contributed by atoms with Gasteiger partial charge < -0.3 is 10.6 Å². The molecule has 1 aliphatic rings. The minimum Gasteiger partial charge on any atom is -0.372 e. The van der Waals surface area contributed by atoms with E-state index in [4.69, 9.17) is 0 Å². The number of nitrogens with one attached hydrogen (secondary N) is 2. The van der Waals surface area contributed by atoms with E-state index in [1.165, 1.54) is 0 Å². The summed E-state index contributed by atoms with van der Waals surface area (Å²) in [6.45, 7) is 9.91. The van der Waals surface area contributed by atoms with E-state index in [1.807, 2.05) is 46.8 Å². The van der Waals surface area contributed by atoms with Crippen LogP contribution >= 0.6 is 0 Å². The molecule has 0 saturated heterocycles. The van der Waals surface area contributed by atoms with Crippen molar-refractivity contribution >= 4 is 23.2 Å². The van der Waals surface area contributed by atoms with E-state index in [0.29, 0.717) is 0 Å². The van der Waals surface area contributed by atoms with Gasteiger partial charge >= 0.3 is 0 Å². The highest BCUT2D eigenvalue weighted by Gasteiger charge is 2.31. The average Bonchev–Trinajstić information content (AvgIpc) is 2.46. The number of rotatable bonds is 4. The van der Waals surface area contributed by atoms with Gasteiger partial charge in [0.2, 0.25) is 11.8 Å². The quantitative estimate of drug-likeness (QED) is 0.897. The molecule has 0 spiro atoms. The van der Waals surface area contributed by atoms with Crippen molar-refractivity contribution in [2.24, 2.45) is 0 Å². The van der Waals surface area contributed by atoms with Crippen molar-refractivity contribution < 1.29 is 9.59 Å². The van der Waals surface area contributed by atoms with Gasteiger partial charge in [0, 0.05) is 6.04 Å². The molecular weight excluding hydrogens is 278 g/mol. The maximum absolute atomic E-state index is 12.5. The van der Waals surface area contributed by atoms with Crippen LogP contribution in [0.15, 0.2) is 12.1 Å². The van der Waals surface area contributed by atoms with Crippen LogP contribution in [0.3, 0.4) is 0 Å². The molecular formula is C17H25N3O2. The van der Waals surface area contributed by atoms with Gasteiger partial charge in [-0.3, -0.25) is 14.5 Å². The van der Waals surface area contributed by atoms with Crippen LogP contribution in [-0.2, 0) is 9.59 Å². The van der Waals surface area contributed by atoms with E-state index >= 15 is 0 Å². The lowest BCUT2D eigenvalue weighted by molar-refractivity contribution is -0.124. The van der Waals surface area contributed by atoms with Crippen molar-refractivity contribution in [3.63, 3.8) is 0 Å². The van der Waals surface area contributed by atoms with E-state index in [2.05, 4.69) is 10.6 Å². The number of nitrogens with zero attached hydrogens (tertiary/aromatic N) is 1. The molecule has 0 bridgehead atoms. The molecule has 0 aromatic heterocycles. The van der Waals surface area contributed by atoms with E-state index in [-0.39, 0.29) is 30.4 Å². The normalized spacial score (nSPS) is 18.5. The number of hydrogen-bond donors (Lipinski definition) is 2. The second-order valence-corrected chi connectivity index (χ2v) is 6.12. The molecule has 0 fully saturated rings. The van der Waals surface area contributed by atoms with E-state index in [0.717, 1.165) is 28.9 Å². The van der Waals surface area contributed by atoms with Gasteiger partial charge in [0.25, 0.3) is 0 Å². The molecule has 120 valence electrons. The zero-order valence-corrected chi connectivity index (χ0v) is 14.0. The van der Waals surface area contributed by atoms with Gasteiger partial charge in [-0.1, -0.05) is 6.92 Å². The minimum atomic E-state index is -0.328. The van der Waals surface area contributed by atoms with Crippen molar-refractivity contribution in [1.29, 1.82) is 0 Å². The molecule has 2 rings (SSSR count). The van der Waals surface area contributed by atoms with E-state index in [9.17, 15) is 9.59 Å². The fraction of sp³-hybridized carbons (Fsp3) is 0.529. The van der Waals surface area contributed by atoms with Gasteiger partial charge in [0.05, 0.1) is 11.4 Å². The Hall–Kier alpha value is -2.04. The summed E-state index contributed by atoms with van der Waals surface area (Å²) in [4.78, 5) is 26.2. The van der Waals surface area contributed by atoms with Gasteiger partial charge in [-0.2, -0.15) is 0 Å². The van der Waals surface area contributed by atoms with Crippen LogP contribution in [0, 0.1) is 13.8 Å². The van der Waals surface area contributed by atoms with E-state index in [1.54, 1.807) is 4.90 Å². The predicted molar refractivity (Wildman–Crippen MR) is 89.2 cm³/mol. The standard InChI is InChI=1S/C17H25N3O2/c1-6-12(4)18-16(21)9-20-15-8-11(3)10(2)7-14(15)19-13(5)17(20)22/h7-8,12-13,19H,6,9H2,1-5H3,(H,18,21). The molecule has 0 radical (unpaired) electrons. The summed E-state index contributed by atoms with van der Waals surface area (Å²) in [5.74, 6) is -0.198. The molecule has 1 aromatic rings. The SMILES string of the molecule is CCC(C)NC(=O)CN1C(=O)C(C)Nc2cc(C)c(C)cc21. The number of carbonyl (C=O) groups is 2. The van der Waals surface area contributed by atoms with Gasteiger partial charge in [-0.15, -0.1) is 0 Å². The first-order valence-corrected chi connectivity index (χ1v) is 7.82. The number of carbonyl (C=O) groups excluding carboxylic acids is 2. The van der Waals surface area contributed by atoms with Gasteiger partial charge in [-0.25, -0.2) is 0 Å². The lowest BCUT2D eigenvalue weighted by Gasteiger charge is -2.34. The lowest BCUT2D eigenvalue weighted by atomic mass is 10.0. The summed E-state index contributed by atoms with van der Waals surface area (Å²) < 4.78 is 0. The second kappa shape index (κ2) is 6.38. The number of aryl methyl sites for hydroxylation is 2. The Morgan fingerprint density at radius 1 is 1.36 bits per heavy atom. The van der Waals surface area contributed by atoms with Crippen molar-refractivity contribution in [1.82, 2.24) is 5.32 Å². The van der Waals surface area contributed by atoms with Crippen LogP contribution in [-0.4, -0.2) is 30.4 Å². The summed E-state index contributed by atoms with van der Waals surface area (Å²) in [6, 6.07) is 3.79. The Bertz CT molecular complexity index is 598. The smallest absolute Gasteiger partial charge is 0.249 e. The molecule has 2 unspecified atom stereocenters. The Morgan fingerprint density at radius 2 is 2.00 bits per heavy atom. The van der Waals surface area contributed by atoms with Crippen LogP contribution in [0.25, 0.3) is 0 Å². The van der Waals surface area contributed by atoms with Crippen LogP contribution in [0.1, 0.15) is 38.3 Å². The molecule has 1 heterocycles. The minimum absolute atomic E-state index is 0.0602. The van der Waals surface area contributed by atoms with Crippen LogP contribution in [0.2, 0.25) is 0 Å². The monoisotopic (exact) mass is 303 g/mol. The highest BCUT2D eigenvalue weighted by molar-refractivity contribution is 6.07. The van der Waals surface area contributed by atoms with E-state index < -0.39 is 0 Å². The largest absolute Gasteiger partial charge is 0.372 e. The third kappa shape index (κ3) is 3.24. The Labute approximate surface area is 132 Å². The number of fused-ring (bicyclic) bond motifs is 1. The number of benzene rings is 1. The van der Waals surface area contributed by atoms with Crippen molar-refractivity contribution in [3.8, 4) is 0 Å². The van der Waals surface area contributed by atoms with Gasteiger partial charge in [0.15, 0.2) is 0 Å². The molecule has 1 aliphatic heterocycles. The summed E-state index contributed by atoms with van der Waals surface area (Å²) >= 11 is 0. The maximum Gasteiger partial charge on any atom is 0.249 e. The van der Waals surface area contributed by atoms with Crippen molar-refractivity contribution in [2.75, 3.05) is 16.8 Å². The number of hydrogen-bond acceptors (Lipinski definition) is 3. The predicted octanol–water partition coefficient (Wildman–Crippen LogP) is 2.37. The molecule has 0 aliphatic carbocycles. The maximum atomic E-state index is 12.5. The Kier molecular flexibility index (Phi) is 4.74. The lowest BCUT2D eigenvalue weighted by Crippen LogP contribution is -2.50. The first-order chi connectivity index (χ1) is 10.3. The molecule has 2 amide bonds. The summed E-state index contributed by atoms with van der Waals surface area (Å²) in [7, 11) is 0. The molecule has 2 N–H and O–H groups in total. The third-order valence-electron chi connectivity index (χ3n) is 4.23. The highest BCUT2D eigenvalue weighted by Crippen LogP contribution is 2.33. The summed E-state index contributed by atoms with van der Waals surface area (Å²) in [6.07, 6.45) is 0.868. The second-order valence-electron chi connectivity index (χ2n) is 6.12. The number of amides is 2. The zero-order valence-electron chi connectivity index (χ0n) is 14.0. The third-order valence-corrected chi connectivity index (χ3v) is 4.23. The fourth-order valence-corrected chi connectivity index (χ4v) is 2.52. The molecule has 1 aromatic carbocycles. The zero-order chi connectivity index (χ0) is 16.4. The van der Waals surface area contributed by atoms with Gasteiger partial charge in [0.1, 0.15) is 12.6 Å². The van der Waals surface area contributed by atoms with Gasteiger partial charge in [-0.05, 0) is 57.4 Å². The average molecular weight is 303 g/mol. The summed E-state index contributed by atoms with van der Waals surface area (Å²) in [5.41, 5.74) is 3.96. The van der Waals surface area contributed by atoms with Crippen molar-refractivity contribution in [3.05, 3.63) is 23.3 Å². The number of anilines is 2. The van der Waals surface area contributed by atoms with Crippen LogP contribution < -0.4 is 15.5 Å². The molecule has 0 saturated carbocycles. The molecule has 5 heteroatoms. The highest BCUT2D eigenvalue weighted by atomic mass is 16.2. The molecule has 22 heavy (non-hydrogen) atoms. The van der Waals surface area contributed by atoms with Crippen LogP contribution in [0.5, 0.6) is 0 Å². The first-order valence-electron chi connectivity index (χ1n) is 7.82. The Morgan fingerprint density at radius 3 is 2.64 bits per heavy atom. The van der Waals surface area contributed by atoms with Crippen LogP contribution in [0.4, 0.5) is 11.4 Å².